The maximum absolute atomic E-state index is 12.1. The highest BCUT2D eigenvalue weighted by Gasteiger charge is 2.16. The highest BCUT2D eigenvalue weighted by Crippen LogP contribution is 2.17. The molecule has 0 aliphatic carbocycles. The number of nitrogens with two attached hydrogens (primary N) is 1. The van der Waals surface area contributed by atoms with E-state index in [1.165, 1.54) is 11.3 Å². The van der Waals surface area contributed by atoms with E-state index < -0.39 is 0 Å². The molecule has 16 heavy (non-hydrogen) atoms. The predicted molar refractivity (Wildman–Crippen MR) is 72.0 cm³/mol. The van der Waals surface area contributed by atoms with E-state index in [0.29, 0.717) is 18.1 Å². The van der Waals surface area contributed by atoms with E-state index in [4.69, 9.17) is 18.0 Å². The summed E-state index contributed by atoms with van der Waals surface area (Å²) in [6, 6.07) is 3.80. The number of carbonyl (C=O) groups excluding carboxylic acids is 1. The second-order valence-electron chi connectivity index (χ2n) is 3.60. The Bertz CT molecular complexity index is 387. The van der Waals surface area contributed by atoms with Gasteiger partial charge in [-0.3, -0.25) is 4.79 Å². The molecule has 0 bridgehead atoms. The lowest BCUT2D eigenvalue weighted by Gasteiger charge is -2.20. The fraction of sp³-hybridized carbons (Fsp3) is 0.455. The average Bonchev–Trinajstić information content (AvgIpc) is 2.62. The van der Waals surface area contributed by atoms with Crippen molar-refractivity contribution in [1.29, 1.82) is 0 Å². The van der Waals surface area contributed by atoms with E-state index in [1.54, 1.807) is 4.90 Å². The Kier molecular flexibility index (Phi) is 4.89. The van der Waals surface area contributed by atoms with Crippen LogP contribution in [0.3, 0.4) is 0 Å². The molecule has 5 heteroatoms. The number of thiocarbonyl (C=S) groups is 1. The van der Waals surface area contributed by atoms with Crippen LogP contribution >= 0.6 is 23.6 Å². The number of hydrogen-bond acceptors (Lipinski definition) is 3. The quantitative estimate of drug-likeness (QED) is 0.822. The Morgan fingerprint density at radius 1 is 1.56 bits per heavy atom. The van der Waals surface area contributed by atoms with Crippen molar-refractivity contribution >= 4 is 34.5 Å². The number of amides is 1. The van der Waals surface area contributed by atoms with Crippen molar-refractivity contribution in [3.8, 4) is 0 Å². The second kappa shape index (κ2) is 5.96. The first-order chi connectivity index (χ1) is 7.54. The highest BCUT2D eigenvalue weighted by atomic mass is 32.1. The average molecular weight is 256 g/mol. The van der Waals surface area contributed by atoms with Gasteiger partial charge in [0.05, 0.1) is 16.4 Å². The smallest absolute Gasteiger partial charge is 0.264 e. The van der Waals surface area contributed by atoms with Gasteiger partial charge < -0.3 is 10.6 Å². The van der Waals surface area contributed by atoms with Gasteiger partial charge in [0.15, 0.2) is 0 Å². The zero-order valence-corrected chi connectivity index (χ0v) is 11.2. The molecule has 3 nitrogen and oxygen atoms in total. The van der Waals surface area contributed by atoms with Crippen LogP contribution in [0, 0.1) is 6.92 Å². The van der Waals surface area contributed by atoms with Crippen LogP contribution in [-0.4, -0.2) is 28.9 Å². The van der Waals surface area contributed by atoms with Crippen LogP contribution in [0.1, 0.15) is 27.9 Å². The zero-order valence-electron chi connectivity index (χ0n) is 9.53. The third-order valence-corrected chi connectivity index (χ3v) is 3.20. The van der Waals surface area contributed by atoms with E-state index in [9.17, 15) is 4.79 Å². The number of aryl methyl sites for hydroxylation is 1. The molecule has 2 N–H and O–H groups in total. The van der Waals surface area contributed by atoms with E-state index in [2.05, 4.69) is 0 Å². The van der Waals surface area contributed by atoms with Crippen molar-refractivity contribution in [2.45, 2.75) is 20.3 Å². The lowest BCUT2D eigenvalue weighted by atomic mass is 10.3. The first-order valence-electron chi connectivity index (χ1n) is 5.18. The van der Waals surface area contributed by atoms with Crippen molar-refractivity contribution in [3.05, 3.63) is 21.9 Å². The van der Waals surface area contributed by atoms with Gasteiger partial charge in [-0.2, -0.15) is 0 Å². The minimum atomic E-state index is 0.0211. The summed E-state index contributed by atoms with van der Waals surface area (Å²) in [5.74, 6) is 0.0211. The Morgan fingerprint density at radius 2 is 2.25 bits per heavy atom. The Balaban J connectivity index is 2.78. The number of nitrogens with zero attached hydrogens (tertiary/aromatic N) is 1. The molecule has 1 heterocycles. The molecular formula is C11H16N2OS2. The fourth-order valence-electron chi connectivity index (χ4n) is 1.42. The molecule has 1 aromatic rings. The summed E-state index contributed by atoms with van der Waals surface area (Å²) >= 11 is 6.35. The molecule has 88 valence electrons. The van der Waals surface area contributed by atoms with Gasteiger partial charge in [-0.1, -0.05) is 19.1 Å². The van der Waals surface area contributed by atoms with Crippen molar-refractivity contribution in [2.24, 2.45) is 5.73 Å². The SMILES string of the molecule is CCCN(CC(N)=S)C(=O)c1ccc(C)s1. The van der Waals surface area contributed by atoms with Crippen LogP contribution < -0.4 is 5.73 Å². The molecule has 0 aliphatic heterocycles. The Morgan fingerprint density at radius 3 is 2.69 bits per heavy atom. The van der Waals surface area contributed by atoms with E-state index in [-0.39, 0.29) is 5.91 Å². The molecular weight excluding hydrogens is 240 g/mol. The summed E-state index contributed by atoms with van der Waals surface area (Å²) in [6.45, 7) is 5.06. The minimum Gasteiger partial charge on any atom is -0.392 e. The van der Waals surface area contributed by atoms with Gasteiger partial charge >= 0.3 is 0 Å². The zero-order chi connectivity index (χ0) is 12.1. The second-order valence-corrected chi connectivity index (χ2v) is 5.42. The molecule has 0 unspecified atom stereocenters. The van der Waals surface area contributed by atoms with E-state index in [0.717, 1.165) is 16.2 Å². The first kappa shape index (κ1) is 13.1. The fourth-order valence-corrected chi connectivity index (χ4v) is 2.41. The summed E-state index contributed by atoms with van der Waals surface area (Å²) in [5.41, 5.74) is 5.49. The summed E-state index contributed by atoms with van der Waals surface area (Å²) in [7, 11) is 0. The molecule has 1 aromatic heterocycles. The number of hydrogen-bond donors (Lipinski definition) is 1. The van der Waals surface area contributed by atoms with Gasteiger partial charge in [0.25, 0.3) is 5.91 Å². The standard InChI is InChI=1S/C11H16N2OS2/c1-3-6-13(7-10(12)15)11(14)9-5-4-8(2)16-9/h4-5H,3,6-7H2,1-2H3,(H2,12,15). The summed E-state index contributed by atoms with van der Waals surface area (Å²) < 4.78 is 0. The van der Waals surface area contributed by atoms with Crippen LogP contribution in [-0.2, 0) is 0 Å². The Hall–Kier alpha value is -0.940. The van der Waals surface area contributed by atoms with Gasteiger partial charge in [0.1, 0.15) is 0 Å². The van der Waals surface area contributed by atoms with Crippen LogP contribution in [0.5, 0.6) is 0 Å². The van der Waals surface area contributed by atoms with E-state index in [1.807, 2.05) is 26.0 Å². The van der Waals surface area contributed by atoms with Crippen molar-refractivity contribution in [2.75, 3.05) is 13.1 Å². The maximum atomic E-state index is 12.1. The monoisotopic (exact) mass is 256 g/mol. The topological polar surface area (TPSA) is 46.3 Å². The summed E-state index contributed by atoms with van der Waals surface area (Å²) in [6.07, 6.45) is 0.901. The van der Waals surface area contributed by atoms with E-state index >= 15 is 0 Å². The van der Waals surface area contributed by atoms with Crippen LogP contribution in [0.4, 0.5) is 0 Å². The molecule has 0 aliphatic rings. The summed E-state index contributed by atoms with van der Waals surface area (Å²) in [4.78, 5) is 16.0. The molecule has 1 amide bonds. The third kappa shape index (κ3) is 3.57. The number of carbonyl (C=O) groups is 1. The lowest BCUT2D eigenvalue weighted by Crippen LogP contribution is -2.37. The van der Waals surface area contributed by atoms with Crippen molar-refractivity contribution in [1.82, 2.24) is 4.90 Å². The van der Waals surface area contributed by atoms with Crippen LogP contribution in [0.25, 0.3) is 0 Å². The first-order valence-corrected chi connectivity index (χ1v) is 6.41. The lowest BCUT2D eigenvalue weighted by molar-refractivity contribution is 0.0785. The molecule has 0 fully saturated rings. The molecule has 0 saturated carbocycles. The number of thiophene rings is 1. The van der Waals surface area contributed by atoms with Gasteiger partial charge in [-0.15, -0.1) is 11.3 Å². The van der Waals surface area contributed by atoms with Gasteiger partial charge in [-0.05, 0) is 25.5 Å². The molecule has 0 saturated heterocycles. The maximum Gasteiger partial charge on any atom is 0.264 e. The summed E-state index contributed by atoms with van der Waals surface area (Å²) in [5, 5.41) is 0. The predicted octanol–water partition coefficient (Wildman–Crippen LogP) is 2.19. The molecule has 0 atom stereocenters. The minimum absolute atomic E-state index is 0.0211. The van der Waals surface area contributed by atoms with Crippen molar-refractivity contribution in [3.63, 3.8) is 0 Å². The van der Waals surface area contributed by atoms with Gasteiger partial charge in [0.2, 0.25) is 0 Å². The highest BCUT2D eigenvalue weighted by molar-refractivity contribution is 7.80. The molecule has 0 aromatic carbocycles. The normalized spacial score (nSPS) is 10.1. The molecule has 1 rings (SSSR count). The van der Waals surface area contributed by atoms with Gasteiger partial charge in [0, 0.05) is 11.4 Å². The largest absolute Gasteiger partial charge is 0.392 e. The van der Waals surface area contributed by atoms with Crippen LogP contribution in [0.2, 0.25) is 0 Å². The molecule has 0 radical (unpaired) electrons. The van der Waals surface area contributed by atoms with Crippen LogP contribution in [0.15, 0.2) is 12.1 Å². The Labute approximate surface area is 105 Å². The van der Waals surface area contributed by atoms with Crippen molar-refractivity contribution < 1.29 is 4.79 Å². The molecule has 0 spiro atoms. The third-order valence-electron chi connectivity index (χ3n) is 2.08. The number of rotatable bonds is 5. The van der Waals surface area contributed by atoms with Gasteiger partial charge in [-0.25, -0.2) is 0 Å².